The van der Waals surface area contributed by atoms with Crippen LogP contribution in [0.25, 0.3) is 22.2 Å². The van der Waals surface area contributed by atoms with Crippen LogP contribution in [0.2, 0.25) is 0 Å². The van der Waals surface area contributed by atoms with E-state index in [0.29, 0.717) is 40.5 Å². The fourth-order valence-corrected chi connectivity index (χ4v) is 4.76. The number of nitrogens with one attached hydrogen (secondary N) is 1. The molecule has 4 aromatic heterocycles. The van der Waals surface area contributed by atoms with Crippen molar-refractivity contribution in [2.45, 2.75) is 18.9 Å². The van der Waals surface area contributed by atoms with Crippen LogP contribution >= 0.6 is 0 Å². The lowest BCUT2D eigenvalue weighted by molar-refractivity contribution is 0.602. The summed E-state index contributed by atoms with van der Waals surface area (Å²) in [6, 6.07) is 14.9. The van der Waals surface area contributed by atoms with Gasteiger partial charge in [0, 0.05) is 18.9 Å². The van der Waals surface area contributed by atoms with E-state index >= 15 is 0 Å². The minimum absolute atomic E-state index is 0.237. The Morgan fingerprint density at radius 1 is 1.06 bits per heavy atom. The fourth-order valence-electron chi connectivity index (χ4n) is 4.76. The maximum Gasteiger partial charge on any atom is 0.283 e. The zero-order valence-electron chi connectivity index (χ0n) is 17.9. The van der Waals surface area contributed by atoms with Gasteiger partial charge in [0.15, 0.2) is 5.82 Å². The molecule has 0 amide bonds. The second kappa shape index (κ2) is 7.57. The van der Waals surface area contributed by atoms with Gasteiger partial charge in [0.25, 0.3) is 5.56 Å². The molecule has 164 valence electrons. The Kier molecular flexibility index (Phi) is 4.39. The number of fused-ring (bicyclic) bond motifs is 2. The number of hydrogen-bond acceptors (Lipinski definition) is 7. The van der Waals surface area contributed by atoms with E-state index in [-0.39, 0.29) is 22.7 Å². The molecule has 1 fully saturated rings. The Morgan fingerprint density at radius 2 is 1.88 bits per heavy atom. The molecule has 1 aromatic carbocycles. The smallest absolute Gasteiger partial charge is 0.283 e. The average molecular weight is 447 g/mol. The van der Waals surface area contributed by atoms with Gasteiger partial charge in [-0.1, -0.05) is 18.2 Å². The molecule has 0 radical (unpaired) electrons. The summed E-state index contributed by atoms with van der Waals surface area (Å²) in [6.07, 6.45) is 6.34. The van der Waals surface area contributed by atoms with Gasteiger partial charge in [-0.3, -0.25) is 9.36 Å². The van der Waals surface area contributed by atoms with E-state index in [1.807, 2.05) is 30.3 Å². The standard InChI is InChI=1S/C24H17N9O/c25-11-15-8-10-32-20(15)24(34)33(17-5-2-1-3-6-17)22(30-32)18-7-4-9-31(18)23-19-16(12-26)13-27-21(19)28-14-29-23/h1-3,5-6,8,10,13-14,18H,4,7,9H2,(H,27,28,29). The molecule has 1 saturated heterocycles. The molecular formula is C24H17N9O. The largest absolute Gasteiger partial charge is 0.346 e. The molecule has 1 unspecified atom stereocenters. The third-order valence-corrected chi connectivity index (χ3v) is 6.24. The summed E-state index contributed by atoms with van der Waals surface area (Å²) in [5.74, 6) is 1.17. The van der Waals surface area contributed by atoms with Crippen LogP contribution in [0.5, 0.6) is 0 Å². The van der Waals surface area contributed by atoms with Crippen molar-refractivity contribution in [3.05, 3.63) is 82.4 Å². The highest BCUT2D eigenvalue weighted by Crippen LogP contribution is 2.38. The molecule has 1 aliphatic heterocycles. The number of H-pyrrole nitrogens is 1. The van der Waals surface area contributed by atoms with Gasteiger partial charge in [-0.2, -0.15) is 15.6 Å². The molecule has 34 heavy (non-hydrogen) atoms. The third kappa shape index (κ3) is 2.79. The third-order valence-electron chi connectivity index (χ3n) is 6.24. The zero-order chi connectivity index (χ0) is 23.2. The van der Waals surface area contributed by atoms with Crippen LogP contribution in [0.15, 0.2) is 59.9 Å². The number of para-hydroxylation sites is 1. The number of hydrogen-bond donors (Lipinski definition) is 1. The van der Waals surface area contributed by atoms with E-state index in [4.69, 9.17) is 5.10 Å². The van der Waals surface area contributed by atoms with Crippen LogP contribution in [-0.4, -0.2) is 35.7 Å². The SMILES string of the molecule is N#Cc1c[nH]c2ncnc(N3CCCC3c3nn4ccc(C#N)c4c(=O)n3-c3ccccc3)c12. The summed E-state index contributed by atoms with van der Waals surface area (Å²) in [7, 11) is 0. The van der Waals surface area contributed by atoms with Gasteiger partial charge in [-0.05, 0) is 31.0 Å². The maximum absolute atomic E-state index is 13.7. The van der Waals surface area contributed by atoms with Crippen LogP contribution in [-0.2, 0) is 0 Å². The van der Waals surface area contributed by atoms with Gasteiger partial charge in [0.05, 0.1) is 28.2 Å². The molecule has 1 aliphatic rings. The summed E-state index contributed by atoms with van der Waals surface area (Å²) in [4.78, 5) is 27.6. The first kappa shape index (κ1) is 19.7. The van der Waals surface area contributed by atoms with Gasteiger partial charge in [0.2, 0.25) is 0 Å². The van der Waals surface area contributed by atoms with Gasteiger partial charge in [0.1, 0.15) is 35.4 Å². The summed E-state index contributed by atoms with van der Waals surface area (Å²) in [5, 5.41) is 24.6. The van der Waals surface area contributed by atoms with Crippen molar-refractivity contribution in [1.82, 2.24) is 29.1 Å². The Labute approximate surface area is 193 Å². The van der Waals surface area contributed by atoms with Crippen molar-refractivity contribution < 1.29 is 0 Å². The van der Waals surface area contributed by atoms with Crippen LogP contribution in [0, 0.1) is 22.7 Å². The van der Waals surface area contributed by atoms with Crippen molar-refractivity contribution in [2.24, 2.45) is 0 Å². The molecule has 0 bridgehead atoms. The van der Waals surface area contributed by atoms with E-state index < -0.39 is 0 Å². The van der Waals surface area contributed by atoms with Crippen molar-refractivity contribution >= 4 is 22.4 Å². The summed E-state index contributed by atoms with van der Waals surface area (Å²) < 4.78 is 3.07. The number of rotatable bonds is 3. The van der Waals surface area contributed by atoms with Crippen LogP contribution in [0.1, 0.15) is 35.8 Å². The predicted octanol–water partition coefficient (Wildman–Crippen LogP) is 2.84. The Morgan fingerprint density at radius 3 is 2.68 bits per heavy atom. The van der Waals surface area contributed by atoms with Crippen molar-refractivity contribution in [3.63, 3.8) is 0 Å². The number of anilines is 1. The normalized spacial score (nSPS) is 15.6. The highest BCUT2D eigenvalue weighted by molar-refractivity contribution is 5.93. The lowest BCUT2D eigenvalue weighted by Gasteiger charge is -2.27. The fraction of sp³-hybridized carbons (Fsp3) is 0.167. The van der Waals surface area contributed by atoms with Crippen molar-refractivity contribution in [1.29, 1.82) is 10.5 Å². The number of benzene rings is 1. The number of nitrogens with zero attached hydrogens (tertiary/aromatic N) is 8. The molecule has 5 aromatic rings. The van der Waals surface area contributed by atoms with Gasteiger partial charge in [-0.25, -0.2) is 14.5 Å². The molecule has 5 heterocycles. The lowest BCUT2D eigenvalue weighted by Crippen LogP contribution is -2.33. The van der Waals surface area contributed by atoms with E-state index in [9.17, 15) is 15.3 Å². The van der Waals surface area contributed by atoms with E-state index in [1.54, 1.807) is 23.0 Å². The molecule has 0 aliphatic carbocycles. The van der Waals surface area contributed by atoms with Crippen molar-refractivity contribution in [3.8, 4) is 17.8 Å². The molecule has 10 nitrogen and oxygen atoms in total. The van der Waals surface area contributed by atoms with Crippen molar-refractivity contribution in [2.75, 3.05) is 11.4 Å². The number of aromatic amines is 1. The molecule has 1 N–H and O–H groups in total. The highest BCUT2D eigenvalue weighted by Gasteiger charge is 2.34. The number of nitriles is 2. The minimum Gasteiger partial charge on any atom is -0.346 e. The van der Waals surface area contributed by atoms with Crippen LogP contribution in [0.4, 0.5) is 5.82 Å². The van der Waals surface area contributed by atoms with E-state index in [0.717, 1.165) is 12.8 Å². The van der Waals surface area contributed by atoms with E-state index in [1.165, 1.54) is 10.8 Å². The van der Waals surface area contributed by atoms with Crippen LogP contribution in [0.3, 0.4) is 0 Å². The summed E-state index contributed by atoms with van der Waals surface area (Å²) in [5.41, 5.74) is 1.92. The minimum atomic E-state index is -0.309. The molecule has 10 heteroatoms. The van der Waals surface area contributed by atoms with Gasteiger partial charge in [-0.15, -0.1) is 0 Å². The lowest BCUT2D eigenvalue weighted by atomic mass is 10.1. The summed E-state index contributed by atoms with van der Waals surface area (Å²) >= 11 is 0. The molecule has 0 spiro atoms. The molecule has 6 rings (SSSR count). The second-order valence-electron chi connectivity index (χ2n) is 8.06. The molecule has 0 saturated carbocycles. The Balaban J connectivity index is 1.61. The zero-order valence-corrected chi connectivity index (χ0v) is 17.9. The first-order valence-electron chi connectivity index (χ1n) is 10.8. The second-order valence-corrected chi connectivity index (χ2v) is 8.06. The predicted molar refractivity (Wildman–Crippen MR) is 123 cm³/mol. The first-order chi connectivity index (χ1) is 16.7. The Bertz CT molecular complexity index is 1700. The molecule has 1 atom stereocenters. The molecular weight excluding hydrogens is 430 g/mol. The van der Waals surface area contributed by atoms with Crippen LogP contribution < -0.4 is 10.5 Å². The maximum atomic E-state index is 13.7. The topological polar surface area (TPSA) is 132 Å². The highest BCUT2D eigenvalue weighted by atomic mass is 16.1. The summed E-state index contributed by atoms with van der Waals surface area (Å²) in [6.45, 7) is 0.685. The van der Waals surface area contributed by atoms with Gasteiger partial charge >= 0.3 is 0 Å². The van der Waals surface area contributed by atoms with Gasteiger partial charge < -0.3 is 9.88 Å². The first-order valence-corrected chi connectivity index (χ1v) is 10.8. The Hall–Kier alpha value is -4.96. The quantitative estimate of drug-likeness (QED) is 0.450. The number of aromatic nitrogens is 6. The monoisotopic (exact) mass is 447 g/mol. The van der Waals surface area contributed by atoms with E-state index in [2.05, 4.69) is 32.0 Å². The average Bonchev–Trinajstić information content (AvgIpc) is 3.61.